The molecule has 1 amide bonds. The van der Waals surface area contributed by atoms with E-state index in [0.717, 1.165) is 0 Å². The molecule has 0 unspecified atom stereocenters. The van der Waals surface area contributed by atoms with E-state index in [1.54, 1.807) is 21.9 Å². The van der Waals surface area contributed by atoms with E-state index in [-0.39, 0.29) is 23.8 Å². The molecule has 0 N–H and O–H groups in total. The average Bonchev–Trinajstić information content (AvgIpc) is 2.55. The van der Waals surface area contributed by atoms with E-state index in [1.165, 1.54) is 30.3 Å². The molecule has 3 rings (SSSR count). The minimum absolute atomic E-state index is 0.0465. The predicted octanol–water partition coefficient (Wildman–Crippen LogP) is 3.00. The second-order valence-corrected chi connectivity index (χ2v) is 5.74. The molecular formula is C18H17F3N2O. The third kappa shape index (κ3) is 3.53. The van der Waals surface area contributed by atoms with Crippen molar-refractivity contribution in [3.8, 4) is 0 Å². The van der Waals surface area contributed by atoms with E-state index in [1.807, 2.05) is 0 Å². The first-order chi connectivity index (χ1) is 11.5. The van der Waals surface area contributed by atoms with Crippen molar-refractivity contribution >= 4 is 11.6 Å². The first-order valence-electron chi connectivity index (χ1n) is 7.76. The van der Waals surface area contributed by atoms with Crippen molar-refractivity contribution in [1.29, 1.82) is 0 Å². The molecule has 0 saturated carbocycles. The molecule has 0 bridgehead atoms. The van der Waals surface area contributed by atoms with E-state index in [9.17, 15) is 18.0 Å². The Labute approximate surface area is 138 Å². The maximum atomic E-state index is 13.8. The van der Waals surface area contributed by atoms with Crippen LogP contribution in [0, 0.1) is 17.5 Å². The van der Waals surface area contributed by atoms with Gasteiger partial charge in [-0.3, -0.25) is 4.79 Å². The Hall–Kier alpha value is -2.50. The van der Waals surface area contributed by atoms with Crippen LogP contribution in [-0.4, -0.2) is 37.0 Å². The van der Waals surface area contributed by atoms with Crippen LogP contribution in [0.3, 0.4) is 0 Å². The lowest BCUT2D eigenvalue weighted by Crippen LogP contribution is -2.49. The normalized spacial score (nSPS) is 14.8. The zero-order valence-electron chi connectivity index (χ0n) is 13.0. The standard InChI is InChI=1S/C18H17F3N2O/c19-14-4-1-3-13(11-14)12-17(24)22-7-9-23(10-8-22)18-15(20)5-2-6-16(18)21/h1-6,11H,7-10,12H2. The quantitative estimate of drug-likeness (QED) is 0.861. The van der Waals surface area contributed by atoms with Crippen molar-refractivity contribution < 1.29 is 18.0 Å². The maximum Gasteiger partial charge on any atom is 0.227 e. The number of carbonyl (C=O) groups excluding carboxylic acids is 1. The molecule has 0 aromatic heterocycles. The lowest BCUT2D eigenvalue weighted by molar-refractivity contribution is -0.130. The number of anilines is 1. The molecule has 24 heavy (non-hydrogen) atoms. The number of piperazine rings is 1. The van der Waals surface area contributed by atoms with Gasteiger partial charge in [0.15, 0.2) is 0 Å². The SMILES string of the molecule is O=C(Cc1cccc(F)c1)N1CCN(c2c(F)cccc2F)CC1. The van der Waals surface area contributed by atoms with Crippen LogP contribution in [0.15, 0.2) is 42.5 Å². The first kappa shape index (κ1) is 16.4. The zero-order chi connectivity index (χ0) is 17.1. The fourth-order valence-corrected chi connectivity index (χ4v) is 2.90. The molecular weight excluding hydrogens is 317 g/mol. The molecule has 0 aliphatic carbocycles. The van der Waals surface area contributed by atoms with E-state index < -0.39 is 11.6 Å². The monoisotopic (exact) mass is 334 g/mol. The van der Waals surface area contributed by atoms with Crippen molar-refractivity contribution in [3.05, 3.63) is 65.5 Å². The van der Waals surface area contributed by atoms with Gasteiger partial charge in [-0.1, -0.05) is 18.2 Å². The number of rotatable bonds is 3. The van der Waals surface area contributed by atoms with E-state index in [2.05, 4.69) is 0 Å². The number of para-hydroxylation sites is 1. The summed E-state index contributed by atoms with van der Waals surface area (Å²) in [6, 6.07) is 9.70. The van der Waals surface area contributed by atoms with Crippen LogP contribution in [0.4, 0.5) is 18.9 Å². The second kappa shape index (κ2) is 6.95. The van der Waals surface area contributed by atoms with Crippen LogP contribution in [0.25, 0.3) is 0 Å². The highest BCUT2D eigenvalue weighted by molar-refractivity contribution is 5.79. The topological polar surface area (TPSA) is 23.6 Å². The van der Waals surface area contributed by atoms with Gasteiger partial charge < -0.3 is 9.80 Å². The molecule has 1 aliphatic heterocycles. The van der Waals surface area contributed by atoms with Gasteiger partial charge >= 0.3 is 0 Å². The van der Waals surface area contributed by atoms with E-state index in [4.69, 9.17) is 0 Å². The van der Waals surface area contributed by atoms with Gasteiger partial charge in [-0.2, -0.15) is 0 Å². The Bertz CT molecular complexity index is 723. The van der Waals surface area contributed by atoms with Crippen molar-refractivity contribution in [2.24, 2.45) is 0 Å². The molecule has 6 heteroatoms. The van der Waals surface area contributed by atoms with Gasteiger partial charge in [0.2, 0.25) is 5.91 Å². The third-order valence-electron chi connectivity index (χ3n) is 4.13. The fourth-order valence-electron chi connectivity index (χ4n) is 2.90. The number of amides is 1. The lowest BCUT2D eigenvalue weighted by Gasteiger charge is -2.36. The van der Waals surface area contributed by atoms with Crippen molar-refractivity contribution in [2.45, 2.75) is 6.42 Å². The first-order valence-corrected chi connectivity index (χ1v) is 7.76. The summed E-state index contributed by atoms with van der Waals surface area (Å²) in [6.07, 6.45) is 0.117. The molecule has 1 fully saturated rings. The van der Waals surface area contributed by atoms with E-state index >= 15 is 0 Å². The molecule has 2 aromatic rings. The van der Waals surface area contributed by atoms with Gasteiger partial charge in [0, 0.05) is 26.2 Å². The number of hydrogen-bond acceptors (Lipinski definition) is 2. The highest BCUT2D eigenvalue weighted by Gasteiger charge is 2.24. The van der Waals surface area contributed by atoms with Crippen molar-refractivity contribution in [3.63, 3.8) is 0 Å². The van der Waals surface area contributed by atoms with Crippen LogP contribution < -0.4 is 4.90 Å². The molecule has 0 atom stereocenters. The average molecular weight is 334 g/mol. The maximum absolute atomic E-state index is 13.8. The number of nitrogens with zero attached hydrogens (tertiary/aromatic N) is 2. The van der Waals surface area contributed by atoms with Crippen molar-refractivity contribution in [1.82, 2.24) is 4.90 Å². The van der Waals surface area contributed by atoms with Crippen LogP contribution in [0.1, 0.15) is 5.56 Å². The van der Waals surface area contributed by atoms with Crippen molar-refractivity contribution in [2.75, 3.05) is 31.1 Å². The van der Waals surface area contributed by atoms with Gasteiger partial charge in [0.1, 0.15) is 23.1 Å². The number of carbonyl (C=O) groups is 1. The number of hydrogen-bond donors (Lipinski definition) is 0. The van der Waals surface area contributed by atoms with E-state index in [0.29, 0.717) is 31.7 Å². The molecule has 0 spiro atoms. The summed E-state index contributed by atoms with van der Waals surface area (Å²) in [7, 11) is 0. The summed E-state index contributed by atoms with van der Waals surface area (Å²) >= 11 is 0. The number of halogens is 3. The fraction of sp³-hybridized carbons (Fsp3) is 0.278. The highest BCUT2D eigenvalue weighted by atomic mass is 19.1. The molecule has 126 valence electrons. The highest BCUT2D eigenvalue weighted by Crippen LogP contribution is 2.24. The Balaban J connectivity index is 1.61. The van der Waals surface area contributed by atoms with Gasteiger partial charge in [0.05, 0.1) is 6.42 Å². The number of benzene rings is 2. The third-order valence-corrected chi connectivity index (χ3v) is 4.13. The van der Waals surface area contributed by atoms with Gasteiger partial charge in [-0.05, 0) is 29.8 Å². The molecule has 0 radical (unpaired) electrons. The minimum Gasteiger partial charge on any atom is -0.363 e. The summed E-state index contributed by atoms with van der Waals surface area (Å²) in [4.78, 5) is 15.5. The van der Waals surface area contributed by atoms with Crippen LogP contribution in [-0.2, 0) is 11.2 Å². The van der Waals surface area contributed by atoms with Gasteiger partial charge in [-0.25, -0.2) is 13.2 Å². The molecule has 3 nitrogen and oxygen atoms in total. The largest absolute Gasteiger partial charge is 0.363 e. The van der Waals surface area contributed by atoms with Gasteiger partial charge in [-0.15, -0.1) is 0 Å². The second-order valence-electron chi connectivity index (χ2n) is 5.74. The smallest absolute Gasteiger partial charge is 0.227 e. The van der Waals surface area contributed by atoms with Crippen LogP contribution in [0.5, 0.6) is 0 Å². The predicted molar refractivity (Wildman–Crippen MR) is 85.3 cm³/mol. The summed E-state index contributed by atoms with van der Waals surface area (Å²) in [6.45, 7) is 1.46. The summed E-state index contributed by atoms with van der Waals surface area (Å²) < 4.78 is 40.8. The summed E-state index contributed by atoms with van der Waals surface area (Å²) in [5.74, 6) is -1.70. The Morgan fingerprint density at radius 2 is 1.54 bits per heavy atom. The molecule has 1 heterocycles. The molecule has 1 aliphatic rings. The Kier molecular flexibility index (Phi) is 4.74. The minimum atomic E-state index is -0.602. The molecule has 2 aromatic carbocycles. The Morgan fingerprint density at radius 1 is 0.917 bits per heavy atom. The zero-order valence-corrected chi connectivity index (χ0v) is 13.0. The van der Waals surface area contributed by atoms with Crippen LogP contribution >= 0.6 is 0 Å². The lowest BCUT2D eigenvalue weighted by atomic mass is 10.1. The molecule has 1 saturated heterocycles. The van der Waals surface area contributed by atoms with Crippen LogP contribution in [0.2, 0.25) is 0 Å². The Morgan fingerprint density at radius 3 is 2.17 bits per heavy atom. The summed E-state index contributed by atoms with van der Waals surface area (Å²) in [5.41, 5.74) is 0.567. The van der Waals surface area contributed by atoms with Gasteiger partial charge in [0.25, 0.3) is 0 Å². The summed E-state index contributed by atoms with van der Waals surface area (Å²) in [5, 5.41) is 0.